The van der Waals surface area contributed by atoms with E-state index in [1.807, 2.05) is 0 Å². The number of aliphatic hydroxyl groups excluding tert-OH is 2. The van der Waals surface area contributed by atoms with Crippen LogP contribution >= 0.6 is 0 Å². The third kappa shape index (κ3) is 8.22. The molecule has 2 aliphatic rings. The molecule has 2 amide bonds. The fourth-order valence-corrected chi connectivity index (χ4v) is 4.57. The first-order valence-electron chi connectivity index (χ1n) is 12.6. The summed E-state index contributed by atoms with van der Waals surface area (Å²) in [5.74, 6) is -3.58. The molecule has 214 valence electrons. The maximum atomic E-state index is 12.8. The van der Waals surface area contributed by atoms with Gasteiger partial charge in [-0.05, 0) is 38.2 Å². The molecule has 0 fully saturated rings. The van der Waals surface area contributed by atoms with Gasteiger partial charge in [-0.15, -0.1) is 0 Å². The molecule has 2 rings (SSSR count). The van der Waals surface area contributed by atoms with Gasteiger partial charge >= 0.3 is 6.09 Å². The van der Waals surface area contributed by atoms with Crippen molar-refractivity contribution in [1.29, 1.82) is 0 Å². The van der Waals surface area contributed by atoms with Crippen LogP contribution in [0.1, 0.15) is 40.5 Å². The molecule has 0 saturated heterocycles. The van der Waals surface area contributed by atoms with Crippen molar-refractivity contribution in [2.45, 2.75) is 65.0 Å². The molecule has 5 N–H and O–H groups in total. The van der Waals surface area contributed by atoms with Crippen molar-refractivity contribution in [2.75, 3.05) is 14.2 Å². The molecule has 0 aromatic heterocycles. The Kier molecular flexibility index (Phi) is 11.4. The Morgan fingerprint density at radius 2 is 1.79 bits per heavy atom. The highest BCUT2D eigenvalue weighted by Crippen LogP contribution is 2.29. The summed E-state index contributed by atoms with van der Waals surface area (Å²) in [5, 5.41) is 24.3. The number of aliphatic hydroxyl groups is 2. The normalized spacial score (nSPS) is 33.3. The van der Waals surface area contributed by atoms with Gasteiger partial charge in [0, 0.05) is 37.4 Å². The number of allylic oxidation sites excluding steroid dienone is 4. The van der Waals surface area contributed by atoms with Gasteiger partial charge in [0.25, 0.3) is 5.91 Å². The fourth-order valence-electron chi connectivity index (χ4n) is 4.57. The van der Waals surface area contributed by atoms with Gasteiger partial charge in [0.1, 0.15) is 11.9 Å². The second-order valence-corrected chi connectivity index (χ2v) is 9.90. The van der Waals surface area contributed by atoms with Gasteiger partial charge in [-0.1, -0.05) is 38.2 Å². The van der Waals surface area contributed by atoms with E-state index in [1.54, 1.807) is 32.9 Å². The van der Waals surface area contributed by atoms with Crippen LogP contribution in [-0.4, -0.2) is 72.4 Å². The van der Waals surface area contributed by atoms with E-state index in [-0.39, 0.29) is 35.6 Å². The Bertz CT molecular complexity index is 1130. The first-order valence-corrected chi connectivity index (χ1v) is 12.6. The summed E-state index contributed by atoms with van der Waals surface area (Å²) in [4.78, 5) is 49.4. The minimum atomic E-state index is -1.01. The Labute approximate surface area is 228 Å². The van der Waals surface area contributed by atoms with E-state index in [2.05, 4.69) is 5.32 Å². The van der Waals surface area contributed by atoms with E-state index in [0.29, 0.717) is 5.57 Å². The summed E-state index contributed by atoms with van der Waals surface area (Å²) in [6, 6.07) is 0. The summed E-state index contributed by atoms with van der Waals surface area (Å²) < 4.78 is 16.4. The number of fused-ring (bicyclic) bond motifs is 1. The van der Waals surface area contributed by atoms with Crippen molar-refractivity contribution >= 4 is 23.6 Å². The van der Waals surface area contributed by atoms with Gasteiger partial charge in [-0.25, -0.2) is 4.79 Å². The average molecular weight is 547 g/mol. The molecular weight excluding hydrogens is 508 g/mol. The third-order valence-corrected chi connectivity index (χ3v) is 6.77. The number of amides is 2. The highest BCUT2D eigenvalue weighted by molar-refractivity contribution is 6.48. The van der Waals surface area contributed by atoms with Crippen LogP contribution in [0, 0.1) is 11.8 Å². The molecule has 1 aliphatic heterocycles. The smallest absolute Gasteiger partial charge is 0.405 e. The summed E-state index contributed by atoms with van der Waals surface area (Å²) >= 11 is 0. The van der Waals surface area contributed by atoms with E-state index < -0.39 is 59.7 Å². The van der Waals surface area contributed by atoms with Gasteiger partial charge in [0.15, 0.2) is 6.10 Å². The molecule has 11 nitrogen and oxygen atoms in total. The van der Waals surface area contributed by atoms with Crippen molar-refractivity contribution in [1.82, 2.24) is 5.32 Å². The topological polar surface area (TPSA) is 174 Å². The average Bonchev–Trinajstić information content (AvgIpc) is 2.88. The maximum absolute atomic E-state index is 12.8. The SMILES string of the molecule is CO[C@H]1/C=C/C=C(/C)C(=O)NC2=CC(=O)C(=O)C(=C2O)C[C@@H](C)C[C@H](OC)[C@@H](O)[C@@H](C)/C=C(/C)[C@H]1OC(N)=O. The number of hydrogen-bond donors (Lipinski definition) is 4. The van der Waals surface area contributed by atoms with Crippen LogP contribution in [0.15, 0.2) is 58.6 Å². The monoisotopic (exact) mass is 546 g/mol. The highest BCUT2D eigenvalue weighted by atomic mass is 16.6. The van der Waals surface area contributed by atoms with Gasteiger partial charge < -0.3 is 35.5 Å². The molecule has 0 spiro atoms. The fraction of sp³-hybridized carbons (Fsp3) is 0.500. The molecule has 0 aromatic carbocycles. The molecule has 2 bridgehead atoms. The first-order chi connectivity index (χ1) is 18.3. The van der Waals surface area contributed by atoms with Gasteiger partial charge in [0.2, 0.25) is 11.6 Å². The second-order valence-electron chi connectivity index (χ2n) is 9.90. The number of carbonyl (C=O) groups excluding carboxylic acids is 4. The van der Waals surface area contributed by atoms with Gasteiger partial charge in [-0.2, -0.15) is 0 Å². The van der Waals surface area contributed by atoms with Crippen molar-refractivity contribution < 1.29 is 43.6 Å². The zero-order chi connectivity index (χ0) is 29.4. The molecule has 1 aliphatic carbocycles. The number of carbonyl (C=O) groups is 4. The minimum Gasteiger partial charge on any atom is -0.505 e. The zero-order valence-corrected chi connectivity index (χ0v) is 23.1. The standard InChI is InChI=1S/C28H38N2O9/c1-14-10-18-24(33)19(13-20(31)25(18)34)30-27(35)15(2)8-7-9-21(37-5)26(39-28(29)36)17(4)12-16(3)23(32)22(11-14)38-6/h7-9,12-14,16,21-23,26,32-33H,10-11H2,1-6H3,(H2,29,36)(H,30,35)/b9-7+,15-8-,17-12-/t14-,16+,21+,22+,23+,26-/m1/s1. The van der Waals surface area contributed by atoms with E-state index in [9.17, 15) is 29.4 Å². The number of rotatable bonds is 3. The van der Waals surface area contributed by atoms with E-state index in [4.69, 9.17) is 19.9 Å². The number of methoxy groups -OCH3 is 2. The number of ketones is 2. The Balaban J connectivity index is 2.59. The largest absolute Gasteiger partial charge is 0.505 e. The van der Waals surface area contributed by atoms with Crippen LogP contribution in [0.25, 0.3) is 0 Å². The number of nitrogens with one attached hydrogen (secondary N) is 1. The molecule has 39 heavy (non-hydrogen) atoms. The van der Waals surface area contributed by atoms with Crippen molar-refractivity contribution in [2.24, 2.45) is 17.6 Å². The lowest BCUT2D eigenvalue weighted by atomic mass is 9.85. The van der Waals surface area contributed by atoms with E-state index >= 15 is 0 Å². The summed E-state index contributed by atoms with van der Waals surface area (Å²) in [6.07, 6.45) is 3.07. The second kappa shape index (κ2) is 14.0. The molecule has 11 heteroatoms. The third-order valence-electron chi connectivity index (χ3n) is 6.77. The lowest BCUT2D eigenvalue weighted by Crippen LogP contribution is -2.37. The zero-order valence-electron chi connectivity index (χ0n) is 23.1. The lowest BCUT2D eigenvalue weighted by molar-refractivity contribution is -0.132. The Morgan fingerprint density at radius 3 is 2.38 bits per heavy atom. The molecule has 0 unspecified atom stereocenters. The van der Waals surface area contributed by atoms with Crippen molar-refractivity contribution in [3.05, 3.63) is 58.6 Å². The summed E-state index contributed by atoms with van der Waals surface area (Å²) in [5.41, 5.74) is 5.79. The van der Waals surface area contributed by atoms with Crippen LogP contribution in [0.4, 0.5) is 4.79 Å². The predicted octanol–water partition coefficient (Wildman–Crippen LogP) is 2.32. The number of Topliss-reactive ketones (excluding diaryl/α,β-unsaturated/α-hetero) is 1. The molecule has 0 aromatic rings. The maximum Gasteiger partial charge on any atom is 0.405 e. The quantitative estimate of drug-likeness (QED) is 0.235. The van der Waals surface area contributed by atoms with Crippen molar-refractivity contribution in [3.8, 4) is 0 Å². The van der Waals surface area contributed by atoms with Crippen LogP contribution in [0.5, 0.6) is 0 Å². The molecular formula is C28H38N2O9. The number of nitrogens with two attached hydrogens (primary N) is 1. The first kappa shape index (κ1) is 31.7. The van der Waals surface area contributed by atoms with Crippen LogP contribution < -0.4 is 11.1 Å². The number of ether oxygens (including phenoxy) is 3. The molecule has 1 heterocycles. The molecule has 6 atom stereocenters. The highest BCUT2D eigenvalue weighted by Gasteiger charge is 2.33. The minimum absolute atomic E-state index is 0.0149. The predicted molar refractivity (Wildman–Crippen MR) is 142 cm³/mol. The van der Waals surface area contributed by atoms with Gasteiger partial charge in [-0.3, -0.25) is 14.4 Å². The van der Waals surface area contributed by atoms with Gasteiger partial charge in [0.05, 0.1) is 17.9 Å². The molecule has 0 radical (unpaired) electrons. The van der Waals surface area contributed by atoms with E-state index in [0.717, 1.165) is 6.08 Å². The molecule has 0 saturated carbocycles. The van der Waals surface area contributed by atoms with Crippen LogP contribution in [0.2, 0.25) is 0 Å². The van der Waals surface area contributed by atoms with Crippen molar-refractivity contribution in [3.63, 3.8) is 0 Å². The van der Waals surface area contributed by atoms with Crippen LogP contribution in [-0.2, 0) is 28.6 Å². The lowest BCUT2D eigenvalue weighted by Gasteiger charge is -2.29. The summed E-state index contributed by atoms with van der Waals surface area (Å²) in [7, 11) is 2.86. The summed E-state index contributed by atoms with van der Waals surface area (Å²) in [6.45, 7) is 6.79. The Hall–Kier alpha value is -3.54. The number of primary amides is 1. The van der Waals surface area contributed by atoms with E-state index in [1.165, 1.54) is 33.3 Å². The van der Waals surface area contributed by atoms with Crippen LogP contribution in [0.3, 0.4) is 0 Å². The number of hydrogen-bond acceptors (Lipinski definition) is 9. The Morgan fingerprint density at radius 1 is 1.13 bits per heavy atom.